The zero-order valence-corrected chi connectivity index (χ0v) is 17.8. The molecular formula is C22H32N2O5. The molecule has 0 unspecified atom stereocenters. The number of nitrogens with one attached hydrogen (secondary N) is 2. The van der Waals surface area contributed by atoms with Gasteiger partial charge in [-0.15, -0.1) is 0 Å². The second kappa shape index (κ2) is 10.3. The molecule has 0 saturated heterocycles. The molecule has 2 amide bonds. The first kappa shape index (κ1) is 22.7. The fourth-order valence-electron chi connectivity index (χ4n) is 3.19. The van der Waals surface area contributed by atoms with E-state index in [9.17, 15) is 14.4 Å². The monoisotopic (exact) mass is 404 g/mol. The lowest BCUT2D eigenvalue weighted by Crippen LogP contribution is -2.34. The van der Waals surface area contributed by atoms with Crippen LogP contribution < -0.4 is 10.6 Å². The third kappa shape index (κ3) is 8.13. The predicted molar refractivity (Wildman–Crippen MR) is 109 cm³/mol. The number of amides is 2. The predicted octanol–water partition coefficient (Wildman–Crippen LogP) is 3.20. The number of hydrogen-bond donors (Lipinski definition) is 2. The molecular weight excluding hydrogens is 372 g/mol. The maximum atomic E-state index is 12.1. The Morgan fingerprint density at radius 3 is 2.48 bits per heavy atom. The van der Waals surface area contributed by atoms with Crippen molar-refractivity contribution in [3.63, 3.8) is 0 Å². The van der Waals surface area contributed by atoms with Gasteiger partial charge in [0, 0.05) is 6.54 Å². The minimum Gasteiger partial charge on any atom is -0.456 e. The van der Waals surface area contributed by atoms with E-state index in [1.54, 1.807) is 20.8 Å². The van der Waals surface area contributed by atoms with Crippen LogP contribution in [0.2, 0.25) is 0 Å². The van der Waals surface area contributed by atoms with Crippen LogP contribution in [0, 0.1) is 0 Å². The molecule has 1 aromatic carbocycles. The summed E-state index contributed by atoms with van der Waals surface area (Å²) in [5.41, 5.74) is 3.20. The van der Waals surface area contributed by atoms with Crippen molar-refractivity contribution in [2.75, 3.05) is 13.2 Å². The molecule has 1 atom stereocenters. The number of aryl methyl sites for hydroxylation is 2. The molecule has 0 bridgehead atoms. The Morgan fingerprint density at radius 2 is 1.79 bits per heavy atom. The van der Waals surface area contributed by atoms with Crippen molar-refractivity contribution in [1.29, 1.82) is 0 Å². The summed E-state index contributed by atoms with van der Waals surface area (Å²) in [5, 5.41) is 5.33. The van der Waals surface area contributed by atoms with E-state index in [1.807, 2.05) is 13.0 Å². The summed E-state index contributed by atoms with van der Waals surface area (Å²) in [6.07, 6.45) is 4.01. The molecule has 0 aliphatic heterocycles. The van der Waals surface area contributed by atoms with Crippen molar-refractivity contribution in [2.45, 2.75) is 71.4 Å². The summed E-state index contributed by atoms with van der Waals surface area (Å²) >= 11 is 0. The van der Waals surface area contributed by atoms with Gasteiger partial charge in [0.1, 0.15) is 5.60 Å². The van der Waals surface area contributed by atoms with Gasteiger partial charge < -0.3 is 20.1 Å². The standard InChI is InChI=1S/C22H32N2O5/c1-15(17-10-9-16-7-5-6-8-18(16)13-17)24-19(25)14-28-20(26)11-12-23-21(27)29-22(2,3)4/h9-10,13,15H,5-8,11-12,14H2,1-4H3,(H,23,27)(H,24,25)/t15-/m0/s1. The highest BCUT2D eigenvalue weighted by Gasteiger charge is 2.17. The second-order valence-corrected chi connectivity index (χ2v) is 8.36. The van der Waals surface area contributed by atoms with E-state index in [1.165, 1.54) is 24.0 Å². The van der Waals surface area contributed by atoms with Crippen LogP contribution in [0.4, 0.5) is 4.79 Å². The van der Waals surface area contributed by atoms with Crippen LogP contribution in [-0.2, 0) is 31.9 Å². The van der Waals surface area contributed by atoms with E-state index in [4.69, 9.17) is 9.47 Å². The number of hydrogen-bond acceptors (Lipinski definition) is 5. The molecule has 0 aromatic heterocycles. The maximum absolute atomic E-state index is 12.1. The molecule has 0 spiro atoms. The average Bonchev–Trinajstić information content (AvgIpc) is 2.64. The SMILES string of the molecule is C[C@H](NC(=O)COC(=O)CCNC(=O)OC(C)(C)C)c1ccc2c(c1)CCCC2. The molecule has 0 radical (unpaired) electrons. The van der Waals surface area contributed by atoms with Crippen LogP contribution in [0.5, 0.6) is 0 Å². The Bertz CT molecular complexity index is 739. The fraction of sp³-hybridized carbons (Fsp3) is 0.591. The lowest BCUT2D eigenvalue weighted by Gasteiger charge is -2.20. The van der Waals surface area contributed by atoms with Gasteiger partial charge in [-0.1, -0.05) is 18.2 Å². The molecule has 29 heavy (non-hydrogen) atoms. The van der Waals surface area contributed by atoms with Crippen LogP contribution >= 0.6 is 0 Å². The van der Waals surface area contributed by atoms with Crippen molar-refractivity contribution in [1.82, 2.24) is 10.6 Å². The third-order valence-electron chi connectivity index (χ3n) is 4.61. The largest absolute Gasteiger partial charge is 0.456 e. The fourth-order valence-corrected chi connectivity index (χ4v) is 3.19. The van der Waals surface area contributed by atoms with Gasteiger partial charge in [0.05, 0.1) is 12.5 Å². The van der Waals surface area contributed by atoms with E-state index in [0.29, 0.717) is 0 Å². The Kier molecular flexibility index (Phi) is 8.05. The molecule has 7 nitrogen and oxygen atoms in total. The van der Waals surface area contributed by atoms with Gasteiger partial charge >= 0.3 is 12.1 Å². The zero-order chi connectivity index (χ0) is 21.4. The molecule has 1 aliphatic carbocycles. The number of carbonyl (C=O) groups is 3. The third-order valence-corrected chi connectivity index (χ3v) is 4.61. The van der Waals surface area contributed by atoms with E-state index in [0.717, 1.165) is 18.4 Å². The van der Waals surface area contributed by atoms with E-state index < -0.39 is 17.7 Å². The smallest absolute Gasteiger partial charge is 0.407 e. The second-order valence-electron chi connectivity index (χ2n) is 8.36. The molecule has 2 N–H and O–H groups in total. The molecule has 0 heterocycles. The van der Waals surface area contributed by atoms with Crippen molar-refractivity contribution in [2.24, 2.45) is 0 Å². The van der Waals surface area contributed by atoms with Crippen LogP contribution in [0.1, 0.15) is 69.7 Å². The normalized spacial score (nSPS) is 14.3. The Hall–Kier alpha value is -2.57. The Morgan fingerprint density at radius 1 is 1.10 bits per heavy atom. The molecule has 0 saturated carbocycles. The molecule has 1 aliphatic rings. The quantitative estimate of drug-likeness (QED) is 0.681. The van der Waals surface area contributed by atoms with Gasteiger partial charge in [0.2, 0.25) is 0 Å². The van der Waals surface area contributed by atoms with Gasteiger partial charge in [-0.25, -0.2) is 4.79 Å². The highest BCUT2D eigenvalue weighted by Crippen LogP contribution is 2.24. The van der Waals surface area contributed by atoms with Gasteiger partial charge in [0.15, 0.2) is 6.61 Å². The average molecular weight is 405 g/mol. The molecule has 0 fully saturated rings. The maximum Gasteiger partial charge on any atom is 0.407 e. The summed E-state index contributed by atoms with van der Waals surface area (Å²) in [7, 11) is 0. The Balaban J connectivity index is 1.68. The van der Waals surface area contributed by atoms with Crippen molar-refractivity contribution in [3.05, 3.63) is 34.9 Å². The van der Waals surface area contributed by atoms with Crippen LogP contribution in [0.25, 0.3) is 0 Å². The van der Waals surface area contributed by atoms with Crippen LogP contribution in [-0.4, -0.2) is 36.7 Å². The van der Waals surface area contributed by atoms with E-state index in [-0.39, 0.29) is 31.5 Å². The number of carbonyl (C=O) groups excluding carboxylic acids is 3. The first-order chi connectivity index (χ1) is 13.6. The number of alkyl carbamates (subject to hydrolysis) is 1. The number of ether oxygens (including phenoxy) is 2. The zero-order valence-electron chi connectivity index (χ0n) is 17.8. The van der Waals surface area contributed by atoms with Crippen LogP contribution in [0.3, 0.4) is 0 Å². The minimum atomic E-state index is -0.600. The van der Waals surface area contributed by atoms with Crippen molar-refractivity contribution >= 4 is 18.0 Å². The van der Waals surface area contributed by atoms with Gasteiger partial charge in [-0.05, 0) is 70.1 Å². The van der Waals surface area contributed by atoms with Gasteiger partial charge in [0.25, 0.3) is 5.91 Å². The summed E-state index contributed by atoms with van der Waals surface area (Å²) in [6.45, 7) is 6.91. The summed E-state index contributed by atoms with van der Waals surface area (Å²) in [6, 6.07) is 6.18. The number of rotatable bonds is 7. The lowest BCUT2D eigenvalue weighted by atomic mass is 9.89. The van der Waals surface area contributed by atoms with Crippen LogP contribution in [0.15, 0.2) is 18.2 Å². The first-order valence-corrected chi connectivity index (χ1v) is 10.2. The number of esters is 1. The molecule has 7 heteroatoms. The van der Waals surface area contributed by atoms with Gasteiger partial charge in [-0.3, -0.25) is 9.59 Å². The highest BCUT2D eigenvalue weighted by atomic mass is 16.6. The minimum absolute atomic E-state index is 0.0348. The van der Waals surface area contributed by atoms with Gasteiger partial charge in [-0.2, -0.15) is 0 Å². The number of benzene rings is 1. The summed E-state index contributed by atoms with van der Waals surface area (Å²) in [4.78, 5) is 35.3. The topological polar surface area (TPSA) is 93.7 Å². The summed E-state index contributed by atoms with van der Waals surface area (Å²) < 4.78 is 10.0. The van der Waals surface area contributed by atoms with Crippen molar-refractivity contribution < 1.29 is 23.9 Å². The lowest BCUT2D eigenvalue weighted by molar-refractivity contribution is -0.148. The molecule has 1 aromatic rings. The van der Waals surface area contributed by atoms with E-state index in [2.05, 4.69) is 22.8 Å². The first-order valence-electron chi connectivity index (χ1n) is 10.2. The molecule has 2 rings (SSSR count). The highest BCUT2D eigenvalue weighted by molar-refractivity contribution is 5.81. The Labute approximate surface area is 172 Å². The van der Waals surface area contributed by atoms with E-state index >= 15 is 0 Å². The summed E-state index contributed by atoms with van der Waals surface area (Å²) in [5.74, 6) is -0.915. The molecule has 160 valence electrons. The number of fused-ring (bicyclic) bond motifs is 1. The van der Waals surface area contributed by atoms with Crippen molar-refractivity contribution in [3.8, 4) is 0 Å².